The van der Waals surface area contributed by atoms with E-state index in [1.54, 1.807) is 0 Å². The lowest BCUT2D eigenvalue weighted by atomic mass is 9.93. The number of rotatable bonds is 24. The molecule has 0 aliphatic heterocycles. The van der Waals surface area contributed by atoms with Crippen LogP contribution in [0.5, 0.6) is 0 Å². The Bertz CT molecular complexity index is 5650. The zero-order valence-electron chi connectivity index (χ0n) is 89.0. The molecule has 0 atom stereocenters. The molecule has 0 fully saturated rings. The van der Waals surface area contributed by atoms with Crippen LogP contribution in [0.3, 0.4) is 0 Å². The number of benzene rings is 11. The molecule has 0 aliphatic carbocycles. The highest BCUT2D eigenvalue weighted by atomic mass is 15.1. The molecule has 0 radical (unpaired) electrons. The molecular weight excluding hydrogens is 1700 g/mol. The van der Waals surface area contributed by atoms with Gasteiger partial charge < -0.3 is 53.2 Å². The molecular formula is C118H158N20. The molecule has 730 valence electrons. The van der Waals surface area contributed by atoms with Crippen LogP contribution in [0, 0.1) is 55.4 Å². The van der Waals surface area contributed by atoms with E-state index in [0.717, 1.165) is 149 Å². The zero-order chi connectivity index (χ0) is 102. The van der Waals surface area contributed by atoms with Crippen molar-refractivity contribution in [1.29, 1.82) is 0 Å². The topological polar surface area (TPSA) is 244 Å². The van der Waals surface area contributed by atoms with Crippen molar-refractivity contribution in [2.45, 2.75) is 283 Å². The predicted molar refractivity (Wildman–Crippen MR) is 611 cm³/mol. The first-order valence-electron chi connectivity index (χ1n) is 48.6. The summed E-state index contributed by atoms with van der Waals surface area (Å²) in [4.78, 5) is 47.4. The van der Waals surface area contributed by atoms with Crippen molar-refractivity contribution in [3.05, 3.63) is 297 Å². The van der Waals surface area contributed by atoms with Gasteiger partial charge in [0.15, 0.2) is 0 Å². The Morgan fingerprint density at radius 1 is 0.159 bits per heavy atom. The number of hydrogen-bond donors (Lipinski definition) is 10. The molecule has 0 aliphatic rings. The standard InChI is InChI=1S/C34H46N4.C26H30N4.2C21H28N4.C16H26N4/c1-21(2)27-15-13-16-28(22(3)4)33(27)37-25(9)35-31-19-11-12-20-32(31)36-26(10)38-34-29(23(5)6)17-14-18-30(34)24(7)8;1-17-11-9-12-18(2)25(17)29-21(5)27-23-15-7-8-16-24(23)28-22(6)30-26-19(3)13-10-14-20(26)4;2*1-14(2)22-17(5)23-19-12-7-8-13-20(19)24-18(6)25-21-15(3)10-9-11-16(21)4;1-11(2)17-13(5)19-15-9-7-8-10-16(15)20-14(6)18-12(3)4/h11-24H,1-10H3,(H,35,37)(H,36,38);7-16H,1-6H3,(H,27,29)(H,28,30);2*7-14H,1-6H3,(H,22,23)(H,24,25);7-12H,1-6H3,(H,17,19)(H,18,20). The van der Waals surface area contributed by atoms with Crippen LogP contribution in [-0.4, -0.2) is 82.5 Å². The van der Waals surface area contributed by atoms with Crippen LogP contribution in [0.1, 0.15) is 270 Å². The van der Waals surface area contributed by atoms with E-state index >= 15 is 0 Å². The zero-order valence-corrected chi connectivity index (χ0v) is 89.0. The lowest BCUT2D eigenvalue weighted by molar-refractivity contribution is 0.834. The van der Waals surface area contributed by atoms with Crippen molar-refractivity contribution >= 4 is 149 Å². The third kappa shape index (κ3) is 36.6. The molecule has 0 amide bonds. The SMILES string of the molecule is CC(=NC(C)C)Nc1ccccc1NC(C)=NC(C)C.CC(=Nc1c(C(C)C)cccc1C(C)C)Nc1ccccc1NC(C)=Nc1c(C(C)C)cccc1C(C)C.CC(=Nc1c(C)cccc1C)Nc1ccccc1NC(C)=NC(C)C.CC(=Nc1c(C)cccc1C)Nc1ccccc1NC(C)=NC(C)C.CC(=Nc1c(C)cccc1C)Nc1ccccc1NC(C)=Nc1c(C)cccc1C. The molecule has 11 rings (SSSR count). The van der Waals surface area contributed by atoms with Gasteiger partial charge in [0, 0.05) is 24.2 Å². The summed E-state index contributed by atoms with van der Waals surface area (Å²) < 4.78 is 0. The van der Waals surface area contributed by atoms with Crippen molar-refractivity contribution in [2.75, 3.05) is 53.2 Å². The van der Waals surface area contributed by atoms with Crippen molar-refractivity contribution in [2.24, 2.45) is 49.9 Å². The van der Waals surface area contributed by atoms with Gasteiger partial charge in [0.25, 0.3) is 0 Å². The first kappa shape index (κ1) is 111. The van der Waals surface area contributed by atoms with Crippen LogP contribution in [0.2, 0.25) is 0 Å². The highest BCUT2D eigenvalue weighted by Gasteiger charge is 2.19. The van der Waals surface area contributed by atoms with E-state index in [-0.39, 0.29) is 24.2 Å². The van der Waals surface area contributed by atoms with Crippen LogP contribution in [-0.2, 0) is 0 Å². The van der Waals surface area contributed by atoms with Crippen LogP contribution in [0.4, 0.5) is 91.0 Å². The summed E-state index contributed by atoms with van der Waals surface area (Å²) in [6.45, 7) is 70.9. The maximum Gasteiger partial charge on any atom is 0.104 e. The van der Waals surface area contributed by atoms with Crippen LogP contribution in [0.25, 0.3) is 0 Å². The normalized spacial score (nSPS) is 12.5. The number of aliphatic imine (C=N–C) groups is 10. The highest BCUT2D eigenvalue weighted by Crippen LogP contribution is 2.39. The quantitative estimate of drug-likeness (QED) is 0.0203. The van der Waals surface area contributed by atoms with E-state index in [9.17, 15) is 0 Å². The third-order valence-corrected chi connectivity index (χ3v) is 21.7. The Hall–Kier alpha value is -13.9. The van der Waals surface area contributed by atoms with Gasteiger partial charge in [-0.15, -0.1) is 0 Å². The van der Waals surface area contributed by atoms with Gasteiger partial charge in [-0.3, -0.25) is 20.0 Å². The summed E-state index contributed by atoms with van der Waals surface area (Å²) >= 11 is 0. The van der Waals surface area contributed by atoms with E-state index in [2.05, 4.69) is 361 Å². The molecule has 11 aromatic carbocycles. The summed E-state index contributed by atoms with van der Waals surface area (Å²) in [5.41, 5.74) is 30.5. The Balaban J connectivity index is 0.000000239. The average Bonchev–Trinajstić information content (AvgIpc) is 0.812. The van der Waals surface area contributed by atoms with Gasteiger partial charge in [-0.05, 0) is 331 Å². The largest absolute Gasteiger partial charge is 0.343 e. The van der Waals surface area contributed by atoms with Gasteiger partial charge >= 0.3 is 0 Å². The minimum Gasteiger partial charge on any atom is -0.343 e. The van der Waals surface area contributed by atoms with E-state index < -0.39 is 0 Å². The predicted octanol–water partition coefficient (Wildman–Crippen LogP) is 33.3. The first-order valence-corrected chi connectivity index (χ1v) is 48.6. The van der Waals surface area contributed by atoms with E-state index in [1.807, 2.05) is 178 Å². The minimum absolute atomic E-state index is 0.264. The van der Waals surface area contributed by atoms with E-state index in [0.29, 0.717) is 23.7 Å². The molecule has 0 unspecified atom stereocenters. The number of nitrogens with zero attached hydrogens (tertiary/aromatic N) is 10. The van der Waals surface area contributed by atoms with Crippen molar-refractivity contribution in [3.8, 4) is 0 Å². The van der Waals surface area contributed by atoms with Gasteiger partial charge in [0.05, 0.1) is 114 Å². The highest BCUT2D eigenvalue weighted by molar-refractivity contribution is 6.07. The third-order valence-electron chi connectivity index (χ3n) is 21.7. The maximum atomic E-state index is 5.09. The molecule has 20 nitrogen and oxygen atoms in total. The smallest absolute Gasteiger partial charge is 0.104 e. The van der Waals surface area contributed by atoms with Gasteiger partial charge in [-0.2, -0.15) is 0 Å². The van der Waals surface area contributed by atoms with Gasteiger partial charge in [0.2, 0.25) is 0 Å². The van der Waals surface area contributed by atoms with Crippen LogP contribution >= 0.6 is 0 Å². The molecule has 10 N–H and O–H groups in total. The fraction of sp³-hybridized carbons (Fsp3) is 0.356. The number of hydrogen-bond acceptors (Lipinski definition) is 10. The molecule has 11 aromatic rings. The lowest BCUT2D eigenvalue weighted by Crippen LogP contribution is -2.15. The lowest BCUT2D eigenvalue weighted by Gasteiger charge is -2.19. The minimum atomic E-state index is 0.264. The molecule has 0 aromatic heterocycles. The second kappa shape index (κ2) is 55.4. The fourth-order valence-corrected chi connectivity index (χ4v) is 15.5. The van der Waals surface area contributed by atoms with Crippen molar-refractivity contribution in [1.82, 2.24) is 0 Å². The van der Waals surface area contributed by atoms with E-state index in [1.165, 1.54) is 66.8 Å². The summed E-state index contributed by atoms with van der Waals surface area (Å²) in [7, 11) is 0. The average molecular weight is 1860 g/mol. The molecule has 138 heavy (non-hydrogen) atoms. The number of para-hydroxylation sites is 16. The number of nitrogens with one attached hydrogen (secondary N) is 10. The van der Waals surface area contributed by atoms with Crippen molar-refractivity contribution in [3.63, 3.8) is 0 Å². The Morgan fingerprint density at radius 3 is 0.413 bits per heavy atom. The summed E-state index contributed by atoms with van der Waals surface area (Å²) in [5, 5.41) is 34.2. The fourth-order valence-electron chi connectivity index (χ4n) is 15.5. The molecule has 0 saturated carbocycles. The van der Waals surface area contributed by atoms with Crippen LogP contribution in [0.15, 0.2) is 280 Å². The summed E-state index contributed by atoms with van der Waals surface area (Å²) in [6.07, 6.45) is 0. The molecule has 0 spiro atoms. The monoisotopic (exact) mass is 1860 g/mol. The van der Waals surface area contributed by atoms with Gasteiger partial charge in [-0.1, -0.05) is 225 Å². The van der Waals surface area contributed by atoms with Gasteiger partial charge in [0.1, 0.15) is 35.0 Å². The molecule has 0 bridgehead atoms. The second-order valence-electron chi connectivity index (χ2n) is 37.5. The molecule has 20 heteroatoms. The molecule has 0 heterocycles. The Morgan fingerprint density at radius 2 is 0.283 bits per heavy atom. The molecule has 0 saturated heterocycles. The van der Waals surface area contributed by atoms with Gasteiger partial charge in [-0.25, -0.2) is 30.0 Å². The Kier molecular flexibility index (Phi) is 44.6. The first-order chi connectivity index (χ1) is 65.4. The van der Waals surface area contributed by atoms with Crippen LogP contribution < -0.4 is 53.2 Å². The summed E-state index contributed by atoms with van der Waals surface area (Å²) in [6, 6.07) is 79.7. The second-order valence-corrected chi connectivity index (χ2v) is 37.5. The maximum absolute atomic E-state index is 5.09. The van der Waals surface area contributed by atoms with Crippen molar-refractivity contribution < 1.29 is 0 Å². The Labute approximate surface area is 827 Å². The number of anilines is 10. The number of aryl methyl sites for hydroxylation is 8. The number of amidine groups is 10. The van der Waals surface area contributed by atoms with E-state index in [4.69, 9.17) is 30.0 Å². The summed E-state index contributed by atoms with van der Waals surface area (Å²) in [5.74, 6) is 10.3.